The summed E-state index contributed by atoms with van der Waals surface area (Å²) in [6.45, 7) is 1.82. The minimum atomic E-state index is -0.0478. The molecule has 1 rings (SSSR count). The van der Waals surface area contributed by atoms with E-state index in [-0.39, 0.29) is 5.96 Å². The molecule has 0 atom stereocenters. The lowest BCUT2D eigenvalue weighted by atomic mass is 10.2. The van der Waals surface area contributed by atoms with E-state index in [1.165, 1.54) is 0 Å². The fourth-order valence-corrected chi connectivity index (χ4v) is 0.784. The van der Waals surface area contributed by atoms with Gasteiger partial charge in [0.05, 0.1) is 5.71 Å². The molecule has 0 amide bonds. The van der Waals surface area contributed by atoms with Crippen LogP contribution in [-0.4, -0.2) is 16.7 Å². The van der Waals surface area contributed by atoms with Gasteiger partial charge in [0, 0.05) is 18.0 Å². The second-order valence-electron chi connectivity index (χ2n) is 2.45. The highest BCUT2D eigenvalue weighted by Gasteiger charge is 1.94. The fraction of sp³-hybridized carbons (Fsp3) is 0.125. The number of nitrogens with two attached hydrogens (primary N) is 2. The Hall–Kier alpha value is -1.91. The van der Waals surface area contributed by atoms with Crippen molar-refractivity contribution in [2.75, 3.05) is 0 Å². The van der Waals surface area contributed by atoms with Crippen LogP contribution in [0.3, 0.4) is 0 Å². The first kappa shape index (κ1) is 9.18. The first-order valence-electron chi connectivity index (χ1n) is 3.73. The molecular formula is C8H11N5. The molecule has 0 saturated carbocycles. The second kappa shape index (κ2) is 4.20. The third-order valence-corrected chi connectivity index (χ3v) is 1.41. The first-order chi connectivity index (χ1) is 6.20. The van der Waals surface area contributed by atoms with Crippen molar-refractivity contribution in [1.29, 1.82) is 0 Å². The van der Waals surface area contributed by atoms with Gasteiger partial charge in [0.15, 0.2) is 0 Å². The molecular weight excluding hydrogens is 166 g/mol. The van der Waals surface area contributed by atoms with Gasteiger partial charge < -0.3 is 11.5 Å². The molecule has 13 heavy (non-hydrogen) atoms. The van der Waals surface area contributed by atoms with Crippen LogP contribution in [0.2, 0.25) is 0 Å². The zero-order valence-electron chi connectivity index (χ0n) is 7.31. The van der Waals surface area contributed by atoms with Crippen LogP contribution in [0.4, 0.5) is 0 Å². The molecule has 0 unspecified atom stereocenters. The van der Waals surface area contributed by atoms with E-state index in [0.29, 0.717) is 0 Å². The first-order valence-corrected chi connectivity index (χ1v) is 3.73. The van der Waals surface area contributed by atoms with Crippen molar-refractivity contribution in [3.8, 4) is 0 Å². The maximum Gasteiger partial charge on any atom is 0.211 e. The summed E-state index contributed by atoms with van der Waals surface area (Å²) < 4.78 is 0. The van der Waals surface area contributed by atoms with Gasteiger partial charge in [0.1, 0.15) is 0 Å². The standard InChI is InChI=1S/C8H11N5/c1-6(12-13-8(9)10)7-2-4-11-5-3-7/h2-5H,1H3,(H4,9,10,13)/b12-6+. The number of hydrogen-bond donors (Lipinski definition) is 2. The Bertz CT molecular complexity index is 324. The predicted molar refractivity (Wildman–Crippen MR) is 52.3 cm³/mol. The number of hydrogen-bond acceptors (Lipinski definition) is 3. The molecule has 0 aromatic carbocycles. The lowest BCUT2D eigenvalue weighted by molar-refractivity contribution is 1.19. The summed E-state index contributed by atoms with van der Waals surface area (Å²) in [5, 5.41) is 7.36. The van der Waals surface area contributed by atoms with E-state index in [1.54, 1.807) is 12.4 Å². The van der Waals surface area contributed by atoms with Crippen molar-refractivity contribution in [1.82, 2.24) is 4.98 Å². The molecule has 0 radical (unpaired) electrons. The summed E-state index contributed by atoms with van der Waals surface area (Å²) >= 11 is 0. The van der Waals surface area contributed by atoms with E-state index in [0.717, 1.165) is 11.3 Å². The number of guanidine groups is 1. The Kier molecular flexibility index (Phi) is 2.97. The van der Waals surface area contributed by atoms with Gasteiger partial charge in [-0.25, -0.2) is 0 Å². The highest BCUT2D eigenvalue weighted by Crippen LogP contribution is 1.98. The van der Waals surface area contributed by atoms with Crippen molar-refractivity contribution in [2.24, 2.45) is 21.7 Å². The minimum Gasteiger partial charge on any atom is -0.369 e. The van der Waals surface area contributed by atoms with Crippen molar-refractivity contribution in [2.45, 2.75) is 6.92 Å². The number of rotatable bonds is 2. The summed E-state index contributed by atoms with van der Waals surface area (Å²) in [6.07, 6.45) is 3.37. The lowest BCUT2D eigenvalue weighted by Gasteiger charge is -1.95. The average Bonchev–Trinajstić information content (AvgIpc) is 2.15. The van der Waals surface area contributed by atoms with Crippen LogP contribution in [0.1, 0.15) is 12.5 Å². The predicted octanol–water partition coefficient (Wildman–Crippen LogP) is 0.0790. The molecule has 0 spiro atoms. The number of nitrogens with zero attached hydrogens (tertiary/aromatic N) is 3. The highest BCUT2D eigenvalue weighted by molar-refractivity contribution is 5.98. The lowest BCUT2D eigenvalue weighted by Crippen LogP contribution is -2.22. The topological polar surface area (TPSA) is 89.6 Å². The van der Waals surface area contributed by atoms with Crippen LogP contribution in [-0.2, 0) is 0 Å². The van der Waals surface area contributed by atoms with Crippen molar-refractivity contribution >= 4 is 11.7 Å². The summed E-state index contributed by atoms with van der Waals surface area (Å²) in [6, 6.07) is 3.67. The van der Waals surface area contributed by atoms with Crippen molar-refractivity contribution < 1.29 is 0 Å². The van der Waals surface area contributed by atoms with Crippen LogP contribution in [0.25, 0.3) is 0 Å². The van der Waals surface area contributed by atoms with Crippen LogP contribution < -0.4 is 11.5 Å². The van der Waals surface area contributed by atoms with Gasteiger partial charge in [-0.3, -0.25) is 4.98 Å². The molecule has 4 N–H and O–H groups in total. The summed E-state index contributed by atoms with van der Waals surface area (Å²) in [7, 11) is 0. The number of pyridine rings is 1. The Balaban J connectivity index is 2.86. The van der Waals surface area contributed by atoms with Gasteiger partial charge in [-0.1, -0.05) is 0 Å². The molecule has 5 heteroatoms. The van der Waals surface area contributed by atoms with Gasteiger partial charge in [-0.05, 0) is 19.1 Å². The normalized spacial score (nSPS) is 11.0. The summed E-state index contributed by atoms with van der Waals surface area (Å²) in [5.74, 6) is -0.0478. The quantitative estimate of drug-likeness (QED) is 0.381. The van der Waals surface area contributed by atoms with Crippen LogP contribution >= 0.6 is 0 Å². The zero-order chi connectivity index (χ0) is 9.68. The zero-order valence-corrected chi connectivity index (χ0v) is 7.31. The molecule has 1 aromatic rings. The fourth-order valence-electron chi connectivity index (χ4n) is 0.784. The Morgan fingerprint density at radius 2 is 1.85 bits per heavy atom. The molecule has 0 bridgehead atoms. The largest absolute Gasteiger partial charge is 0.369 e. The molecule has 5 nitrogen and oxygen atoms in total. The smallest absolute Gasteiger partial charge is 0.211 e. The molecule has 68 valence electrons. The molecule has 0 saturated heterocycles. The van der Waals surface area contributed by atoms with E-state index < -0.39 is 0 Å². The van der Waals surface area contributed by atoms with Gasteiger partial charge in [0.2, 0.25) is 5.96 Å². The Morgan fingerprint density at radius 1 is 1.23 bits per heavy atom. The van der Waals surface area contributed by atoms with Crippen LogP contribution in [0.15, 0.2) is 34.7 Å². The molecule has 0 aliphatic heterocycles. The minimum absolute atomic E-state index is 0.0478. The number of aromatic nitrogens is 1. The Labute approximate surface area is 76.2 Å². The van der Waals surface area contributed by atoms with E-state index in [4.69, 9.17) is 11.5 Å². The molecule has 0 aliphatic carbocycles. The second-order valence-corrected chi connectivity index (χ2v) is 2.45. The Morgan fingerprint density at radius 3 is 2.38 bits per heavy atom. The van der Waals surface area contributed by atoms with Gasteiger partial charge in [-0.15, -0.1) is 5.10 Å². The van der Waals surface area contributed by atoms with Crippen molar-refractivity contribution in [3.05, 3.63) is 30.1 Å². The third kappa shape index (κ3) is 2.90. The van der Waals surface area contributed by atoms with E-state index in [2.05, 4.69) is 15.2 Å². The maximum absolute atomic E-state index is 5.13. The molecule has 1 heterocycles. The monoisotopic (exact) mass is 177 g/mol. The summed E-state index contributed by atoms with van der Waals surface area (Å²) in [4.78, 5) is 3.88. The van der Waals surface area contributed by atoms with Gasteiger partial charge >= 0.3 is 0 Å². The SMILES string of the molecule is C/C(=N\N=C(N)N)c1ccncc1. The van der Waals surface area contributed by atoms with E-state index in [9.17, 15) is 0 Å². The third-order valence-electron chi connectivity index (χ3n) is 1.41. The molecule has 1 aromatic heterocycles. The van der Waals surface area contributed by atoms with Crippen LogP contribution in [0, 0.1) is 0 Å². The molecule has 0 aliphatic rings. The van der Waals surface area contributed by atoms with E-state index >= 15 is 0 Å². The van der Waals surface area contributed by atoms with Crippen LogP contribution in [0.5, 0.6) is 0 Å². The average molecular weight is 177 g/mol. The van der Waals surface area contributed by atoms with E-state index in [1.807, 2.05) is 19.1 Å². The van der Waals surface area contributed by atoms with Crippen molar-refractivity contribution in [3.63, 3.8) is 0 Å². The van der Waals surface area contributed by atoms with Gasteiger partial charge in [-0.2, -0.15) is 5.10 Å². The summed E-state index contributed by atoms with van der Waals surface area (Å²) in [5.41, 5.74) is 11.9. The van der Waals surface area contributed by atoms with Gasteiger partial charge in [0.25, 0.3) is 0 Å². The maximum atomic E-state index is 5.13. The molecule has 0 fully saturated rings. The highest BCUT2D eigenvalue weighted by atomic mass is 15.3.